The summed E-state index contributed by atoms with van der Waals surface area (Å²) in [4.78, 5) is 38.2. The lowest BCUT2D eigenvalue weighted by molar-refractivity contribution is -0.157. The Bertz CT molecular complexity index is 887. The summed E-state index contributed by atoms with van der Waals surface area (Å²) in [5.41, 5.74) is -0.644. The van der Waals surface area contributed by atoms with Crippen LogP contribution in [0.25, 0.3) is 0 Å². The number of aliphatic hydroxyl groups excluding tert-OH is 1. The minimum atomic E-state index is -1.41. The van der Waals surface area contributed by atoms with Crippen LogP contribution in [-0.2, 0) is 23.8 Å². The summed E-state index contributed by atoms with van der Waals surface area (Å²) >= 11 is 0. The molecule has 0 aromatic rings. The minimum absolute atomic E-state index is 0.00849. The van der Waals surface area contributed by atoms with Gasteiger partial charge in [-0.25, -0.2) is 4.79 Å². The van der Waals surface area contributed by atoms with Crippen LogP contribution in [0.5, 0.6) is 0 Å². The van der Waals surface area contributed by atoms with Gasteiger partial charge < -0.3 is 29.3 Å². The second-order valence-corrected chi connectivity index (χ2v) is 10.8. The number of carbonyl (C=O) groups excluding carboxylic acids is 3. The molecule has 1 amide bonds. The van der Waals surface area contributed by atoms with Gasteiger partial charge in [0.05, 0.1) is 19.1 Å². The number of carbonyl (C=O) groups is 3. The van der Waals surface area contributed by atoms with Gasteiger partial charge >= 0.3 is 18.0 Å². The number of allylic oxidation sites excluding steroid dienone is 2. The maximum atomic E-state index is 12.6. The van der Waals surface area contributed by atoms with Crippen LogP contribution in [0.15, 0.2) is 36.0 Å². The van der Waals surface area contributed by atoms with Crippen LogP contribution in [-0.4, -0.2) is 76.8 Å². The van der Waals surface area contributed by atoms with Crippen molar-refractivity contribution in [3.63, 3.8) is 0 Å². The first-order valence-corrected chi connectivity index (χ1v) is 13.6. The molecule has 1 fully saturated rings. The van der Waals surface area contributed by atoms with E-state index in [1.165, 1.54) is 6.92 Å². The number of likely N-dealkylation sites (tertiary alicyclic amines) is 1. The Hall–Kier alpha value is -2.65. The molecule has 1 unspecified atom stereocenters. The van der Waals surface area contributed by atoms with Crippen LogP contribution >= 0.6 is 0 Å². The fourth-order valence-corrected chi connectivity index (χ4v) is 4.55. The highest BCUT2D eigenvalue weighted by atomic mass is 16.6. The fraction of sp³-hybridized carbons (Fsp3) is 0.690. The molecule has 0 saturated carbocycles. The number of nitrogens with zero attached hydrogens (tertiary/aromatic N) is 1. The zero-order valence-electron chi connectivity index (χ0n) is 23.4. The zero-order valence-corrected chi connectivity index (χ0v) is 23.4. The Morgan fingerprint density at radius 2 is 1.92 bits per heavy atom. The molecule has 1 saturated heterocycles. The third-order valence-corrected chi connectivity index (χ3v) is 6.95. The highest BCUT2D eigenvalue weighted by Gasteiger charge is 2.35. The van der Waals surface area contributed by atoms with E-state index in [1.807, 2.05) is 39.0 Å². The van der Waals surface area contributed by atoms with E-state index in [0.717, 1.165) is 37.9 Å². The quantitative estimate of drug-likeness (QED) is 0.226. The first-order valence-electron chi connectivity index (χ1n) is 13.6. The van der Waals surface area contributed by atoms with Crippen molar-refractivity contribution in [3.8, 4) is 0 Å². The summed E-state index contributed by atoms with van der Waals surface area (Å²) in [6.07, 6.45) is 9.41. The molecule has 2 heterocycles. The van der Waals surface area contributed by atoms with E-state index in [4.69, 9.17) is 14.2 Å². The van der Waals surface area contributed by atoms with Gasteiger partial charge in [-0.3, -0.25) is 9.59 Å². The predicted octanol–water partition coefficient (Wildman–Crippen LogP) is 4.08. The third kappa shape index (κ3) is 10.6. The maximum Gasteiger partial charge on any atom is 0.409 e. The molecule has 0 radical (unpaired) electrons. The molecule has 0 bridgehead atoms. The first-order chi connectivity index (χ1) is 17.9. The molecule has 9 nitrogen and oxygen atoms in total. The van der Waals surface area contributed by atoms with Crippen LogP contribution in [0.4, 0.5) is 4.79 Å². The van der Waals surface area contributed by atoms with Crippen molar-refractivity contribution in [2.24, 2.45) is 11.8 Å². The monoisotopic (exact) mass is 535 g/mol. The second kappa shape index (κ2) is 15.1. The highest BCUT2D eigenvalue weighted by Crippen LogP contribution is 2.27. The van der Waals surface area contributed by atoms with Gasteiger partial charge in [-0.05, 0) is 57.6 Å². The summed E-state index contributed by atoms with van der Waals surface area (Å²) < 4.78 is 16.5. The van der Waals surface area contributed by atoms with Crippen LogP contribution in [0.2, 0.25) is 0 Å². The molecule has 9 heteroatoms. The SMILES string of the molecule is CC(=O)O[C@H]1/C=C/[C@H](C)[C@@H](/C(C)=C/C=C/C(C)COC(=O)N2CCCCC2)OC(=O)C[C@@H](O)CC[C@]1(C)O. The Morgan fingerprint density at radius 3 is 2.58 bits per heavy atom. The van der Waals surface area contributed by atoms with Gasteiger partial charge in [0.2, 0.25) is 0 Å². The Kier molecular flexibility index (Phi) is 12.5. The van der Waals surface area contributed by atoms with Gasteiger partial charge in [-0.1, -0.05) is 38.2 Å². The predicted molar refractivity (Wildman–Crippen MR) is 143 cm³/mol. The third-order valence-electron chi connectivity index (χ3n) is 6.95. The van der Waals surface area contributed by atoms with E-state index in [-0.39, 0.29) is 43.8 Å². The van der Waals surface area contributed by atoms with Gasteiger partial charge in [0.25, 0.3) is 0 Å². The summed E-state index contributed by atoms with van der Waals surface area (Å²) in [5.74, 6) is -1.38. The lowest BCUT2D eigenvalue weighted by Crippen LogP contribution is -2.42. The molecule has 2 aliphatic heterocycles. The number of hydrogen-bond donors (Lipinski definition) is 2. The highest BCUT2D eigenvalue weighted by molar-refractivity contribution is 5.70. The molecule has 214 valence electrons. The molecule has 2 N–H and O–H groups in total. The normalized spacial score (nSPS) is 31.5. The molecule has 0 aliphatic carbocycles. The summed E-state index contributed by atoms with van der Waals surface area (Å²) in [6.45, 7) is 10.2. The summed E-state index contributed by atoms with van der Waals surface area (Å²) in [5, 5.41) is 21.2. The van der Waals surface area contributed by atoms with Crippen LogP contribution in [0.1, 0.15) is 73.1 Å². The maximum absolute atomic E-state index is 12.6. The molecule has 6 atom stereocenters. The number of rotatable bonds is 6. The van der Waals surface area contributed by atoms with Gasteiger partial charge in [-0.2, -0.15) is 0 Å². The smallest absolute Gasteiger partial charge is 0.409 e. The van der Waals surface area contributed by atoms with Crippen LogP contribution in [0.3, 0.4) is 0 Å². The van der Waals surface area contributed by atoms with Crippen LogP contribution in [0, 0.1) is 11.8 Å². The van der Waals surface area contributed by atoms with E-state index < -0.39 is 35.9 Å². The lowest BCUT2D eigenvalue weighted by atomic mass is 9.88. The summed E-state index contributed by atoms with van der Waals surface area (Å²) in [7, 11) is 0. The molecule has 2 aliphatic rings. The molecular weight excluding hydrogens is 490 g/mol. The van der Waals surface area contributed by atoms with Crippen molar-refractivity contribution in [3.05, 3.63) is 36.0 Å². The van der Waals surface area contributed by atoms with Crippen molar-refractivity contribution in [2.75, 3.05) is 19.7 Å². The molecule has 2 rings (SSSR count). The van der Waals surface area contributed by atoms with Gasteiger partial charge in [-0.15, -0.1) is 0 Å². The average Bonchev–Trinajstić information content (AvgIpc) is 2.86. The molecular formula is C29H45NO8. The number of ether oxygens (including phenoxy) is 3. The van der Waals surface area contributed by atoms with E-state index in [1.54, 1.807) is 24.0 Å². The molecule has 0 aromatic heterocycles. The molecule has 0 spiro atoms. The van der Waals surface area contributed by atoms with Gasteiger partial charge in [0.1, 0.15) is 17.8 Å². The number of piperidine rings is 1. The van der Waals surface area contributed by atoms with E-state index >= 15 is 0 Å². The van der Waals surface area contributed by atoms with Crippen molar-refractivity contribution < 1.29 is 38.8 Å². The van der Waals surface area contributed by atoms with Gasteiger partial charge in [0, 0.05) is 31.8 Å². The van der Waals surface area contributed by atoms with Crippen molar-refractivity contribution in [2.45, 2.75) is 97.1 Å². The van der Waals surface area contributed by atoms with Crippen molar-refractivity contribution in [1.29, 1.82) is 0 Å². The Morgan fingerprint density at radius 1 is 1.24 bits per heavy atom. The number of aliphatic hydroxyl groups is 2. The van der Waals surface area contributed by atoms with E-state index in [0.29, 0.717) is 0 Å². The molecule has 38 heavy (non-hydrogen) atoms. The van der Waals surface area contributed by atoms with Crippen molar-refractivity contribution in [1.82, 2.24) is 4.90 Å². The number of esters is 2. The van der Waals surface area contributed by atoms with Crippen molar-refractivity contribution >= 4 is 18.0 Å². The first kappa shape index (κ1) is 31.6. The Balaban J connectivity index is 2.10. The molecule has 0 aromatic carbocycles. The summed E-state index contributed by atoms with van der Waals surface area (Å²) in [6, 6.07) is 0. The number of hydrogen-bond acceptors (Lipinski definition) is 8. The Labute approximate surface area is 226 Å². The number of cyclic esters (lactones) is 1. The zero-order chi connectivity index (χ0) is 28.3. The second-order valence-electron chi connectivity index (χ2n) is 10.8. The van der Waals surface area contributed by atoms with E-state index in [2.05, 4.69) is 0 Å². The number of amides is 1. The van der Waals surface area contributed by atoms with Gasteiger partial charge in [0.15, 0.2) is 0 Å². The minimum Gasteiger partial charge on any atom is -0.457 e. The van der Waals surface area contributed by atoms with E-state index in [9.17, 15) is 24.6 Å². The average molecular weight is 536 g/mol. The largest absolute Gasteiger partial charge is 0.457 e. The van der Waals surface area contributed by atoms with Crippen LogP contribution < -0.4 is 0 Å². The lowest BCUT2D eigenvalue weighted by Gasteiger charge is -2.32. The fourth-order valence-electron chi connectivity index (χ4n) is 4.55. The standard InChI is InChI=1S/C29H45NO8/c1-20(19-36-28(34)30-16-7-6-8-17-30)10-9-11-21(2)27-22(3)12-13-25(37-23(4)31)29(5,35)15-14-24(32)18-26(33)38-27/h9-13,20,22,24-25,27,32,35H,6-8,14-19H2,1-5H3/b10-9+,13-12+,21-11+/t20?,22-,24-,25-,27+,29-/m0/s1. The topological polar surface area (TPSA) is 123 Å².